The predicted molar refractivity (Wildman–Crippen MR) is 88.1 cm³/mol. The van der Waals surface area contributed by atoms with Gasteiger partial charge < -0.3 is 5.73 Å². The lowest BCUT2D eigenvalue weighted by molar-refractivity contribution is 0.703. The van der Waals surface area contributed by atoms with Crippen LogP contribution in [0.2, 0.25) is 0 Å². The van der Waals surface area contributed by atoms with Gasteiger partial charge in [-0.25, -0.2) is 0 Å². The van der Waals surface area contributed by atoms with Crippen LogP contribution in [0.15, 0.2) is 46.9 Å². The average Bonchev–Trinajstić information content (AvgIpc) is 3.24. The number of rotatable bonds is 4. The standard InChI is InChI=1S/C18H20BrN/c1-13-5-6-17(19)11-15(13)9-14-3-2-4-16(10-14)18(12-20)7-8-18/h2-6,10-11H,7-9,12,20H2,1H3. The summed E-state index contributed by atoms with van der Waals surface area (Å²) in [5.74, 6) is 0. The summed E-state index contributed by atoms with van der Waals surface area (Å²) in [6.45, 7) is 2.94. The molecule has 1 saturated carbocycles. The summed E-state index contributed by atoms with van der Waals surface area (Å²) in [5.41, 5.74) is 11.8. The van der Waals surface area contributed by atoms with Gasteiger partial charge in [0.2, 0.25) is 0 Å². The third-order valence-electron chi connectivity index (χ3n) is 4.49. The Morgan fingerprint density at radius 1 is 1.15 bits per heavy atom. The van der Waals surface area contributed by atoms with Gasteiger partial charge in [-0.15, -0.1) is 0 Å². The fourth-order valence-corrected chi connectivity index (χ4v) is 3.23. The molecule has 0 radical (unpaired) electrons. The molecule has 1 aliphatic carbocycles. The highest BCUT2D eigenvalue weighted by Crippen LogP contribution is 2.47. The number of nitrogens with two attached hydrogens (primary N) is 1. The number of halogens is 1. The van der Waals surface area contributed by atoms with Crippen molar-refractivity contribution in [2.24, 2.45) is 5.73 Å². The number of hydrogen-bond acceptors (Lipinski definition) is 1. The van der Waals surface area contributed by atoms with Gasteiger partial charge in [0.05, 0.1) is 0 Å². The maximum absolute atomic E-state index is 5.94. The molecule has 0 aromatic heterocycles. The zero-order chi connectivity index (χ0) is 14.2. The van der Waals surface area contributed by atoms with E-state index in [0.29, 0.717) is 0 Å². The van der Waals surface area contributed by atoms with E-state index in [4.69, 9.17) is 5.73 Å². The van der Waals surface area contributed by atoms with E-state index in [1.807, 2.05) is 0 Å². The van der Waals surface area contributed by atoms with E-state index in [-0.39, 0.29) is 5.41 Å². The lowest BCUT2D eigenvalue weighted by atomic mass is 9.92. The molecule has 0 bridgehead atoms. The zero-order valence-corrected chi connectivity index (χ0v) is 13.4. The minimum Gasteiger partial charge on any atom is -0.330 e. The maximum atomic E-state index is 5.94. The Bertz CT molecular complexity index is 629. The second-order valence-corrected chi connectivity index (χ2v) is 6.85. The third kappa shape index (κ3) is 2.68. The van der Waals surface area contributed by atoms with Crippen molar-refractivity contribution >= 4 is 15.9 Å². The summed E-state index contributed by atoms with van der Waals surface area (Å²) in [6.07, 6.45) is 3.46. The highest BCUT2D eigenvalue weighted by Gasteiger charge is 2.42. The average molecular weight is 330 g/mol. The molecule has 0 heterocycles. The molecule has 20 heavy (non-hydrogen) atoms. The molecule has 1 fully saturated rings. The Kier molecular flexibility index (Phi) is 3.70. The summed E-state index contributed by atoms with van der Waals surface area (Å²) < 4.78 is 1.15. The van der Waals surface area contributed by atoms with Crippen LogP contribution in [0.25, 0.3) is 0 Å². The van der Waals surface area contributed by atoms with E-state index in [1.165, 1.54) is 35.1 Å². The van der Waals surface area contributed by atoms with E-state index in [0.717, 1.165) is 17.4 Å². The fraction of sp³-hybridized carbons (Fsp3) is 0.333. The van der Waals surface area contributed by atoms with Gasteiger partial charge in [0, 0.05) is 16.4 Å². The second-order valence-electron chi connectivity index (χ2n) is 5.93. The lowest BCUT2D eigenvalue weighted by Gasteiger charge is -2.14. The van der Waals surface area contributed by atoms with Gasteiger partial charge in [-0.05, 0) is 60.6 Å². The molecule has 0 atom stereocenters. The van der Waals surface area contributed by atoms with Gasteiger partial charge in [-0.3, -0.25) is 0 Å². The third-order valence-corrected chi connectivity index (χ3v) is 4.98. The molecule has 2 aromatic carbocycles. The highest BCUT2D eigenvalue weighted by atomic mass is 79.9. The number of hydrogen-bond donors (Lipinski definition) is 1. The van der Waals surface area contributed by atoms with Crippen molar-refractivity contribution in [3.05, 3.63) is 69.2 Å². The van der Waals surface area contributed by atoms with Crippen molar-refractivity contribution in [3.8, 4) is 0 Å². The van der Waals surface area contributed by atoms with E-state index in [2.05, 4.69) is 65.3 Å². The normalized spacial score (nSPS) is 16.1. The molecule has 0 spiro atoms. The van der Waals surface area contributed by atoms with Crippen LogP contribution < -0.4 is 5.73 Å². The van der Waals surface area contributed by atoms with Crippen molar-refractivity contribution in [2.45, 2.75) is 31.6 Å². The molecular formula is C18H20BrN. The van der Waals surface area contributed by atoms with Crippen LogP contribution >= 0.6 is 15.9 Å². The quantitative estimate of drug-likeness (QED) is 0.887. The molecular weight excluding hydrogens is 310 g/mol. The van der Waals surface area contributed by atoms with Crippen molar-refractivity contribution in [1.29, 1.82) is 0 Å². The molecule has 2 aromatic rings. The Morgan fingerprint density at radius 3 is 2.65 bits per heavy atom. The monoisotopic (exact) mass is 329 g/mol. The van der Waals surface area contributed by atoms with Crippen molar-refractivity contribution in [3.63, 3.8) is 0 Å². The van der Waals surface area contributed by atoms with Crippen LogP contribution in [0, 0.1) is 6.92 Å². The minimum atomic E-state index is 0.280. The van der Waals surface area contributed by atoms with Crippen LogP contribution in [0.1, 0.15) is 35.1 Å². The smallest absolute Gasteiger partial charge is 0.0178 e. The van der Waals surface area contributed by atoms with Gasteiger partial charge >= 0.3 is 0 Å². The van der Waals surface area contributed by atoms with E-state index in [9.17, 15) is 0 Å². The lowest BCUT2D eigenvalue weighted by Crippen LogP contribution is -2.19. The molecule has 0 aliphatic heterocycles. The Morgan fingerprint density at radius 2 is 1.95 bits per heavy atom. The van der Waals surface area contributed by atoms with Gasteiger partial charge in [-0.2, -0.15) is 0 Å². The topological polar surface area (TPSA) is 26.0 Å². The molecule has 0 amide bonds. The Balaban J connectivity index is 1.88. The van der Waals surface area contributed by atoms with Crippen LogP contribution in [-0.4, -0.2) is 6.54 Å². The summed E-state index contributed by atoms with van der Waals surface area (Å²) in [4.78, 5) is 0. The summed E-state index contributed by atoms with van der Waals surface area (Å²) in [7, 11) is 0. The van der Waals surface area contributed by atoms with Crippen LogP contribution in [0.4, 0.5) is 0 Å². The maximum Gasteiger partial charge on any atom is 0.0178 e. The van der Waals surface area contributed by atoms with E-state index in [1.54, 1.807) is 0 Å². The first kappa shape index (κ1) is 13.8. The van der Waals surface area contributed by atoms with E-state index >= 15 is 0 Å². The molecule has 1 nitrogen and oxygen atoms in total. The predicted octanol–water partition coefficient (Wildman–Crippen LogP) is 4.34. The van der Waals surface area contributed by atoms with E-state index < -0.39 is 0 Å². The van der Waals surface area contributed by atoms with Gasteiger partial charge in [0.1, 0.15) is 0 Å². The molecule has 104 valence electrons. The zero-order valence-electron chi connectivity index (χ0n) is 11.8. The molecule has 0 unspecified atom stereocenters. The Hall–Kier alpha value is -1.12. The number of aryl methyl sites for hydroxylation is 1. The Labute approximate surface area is 129 Å². The van der Waals surface area contributed by atoms with Gasteiger partial charge in [0.25, 0.3) is 0 Å². The number of benzene rings is 2. The fourth-order valence-electron chi connectivity index (χ4n) is 2.82. The summed E-state index contributed by atoms with van der Waals surface area (Å²) in [5, 5.41) is 0. The SMILES string of the molecule is Cc1ccc(Br)cc1Cc1cccc(C2(CN)CC2)c1. The molecule has 1 aliphatic rings. The molecule has 2 heteroatoms. The first-order chi connectivity index (χ1) is 9.63. The van der Waals surface area contributed by atoms with Gasteiger partial charge in [-0.1, -0.05) is 46.3 Å². The second kappa shape index (κ2) is 5.34. The molecule has 0 saturated heterocycles. The molecule has 3 rings (SSSR count). The van der Waals surface area contributed by atoms with Crippen molar-refractivity contribution in [2.75, 3.05) is 6.54 Å². The van der Waals surface area contributed by atoms with Crippen LogP contribution in [0.5, 0.6) is 0 Å². The first-order valence-corrected chi connectivity index (χ1v) is 7.97. The molecule has 2 N–H and O–H groups in total. The van der Waals surface area contributed by atoms with Gasteiger partial charge in [0.15, 0.2) is 0 Å². The van der Waals surface area contributed by atoms with Crippen molar-refractivity contribution < 1.29 is 0 Å². The summed E-state index contributed by atoms with van der Waals surface area (Å²) >= 11 is 3.56. The van der Waals surface area contributed by atoms with Crippen LogP contribution in [0.3, 0.4) is 0 Å². The van der Waals surface area contributed by atoms with Crippen molar-refractivity contribution in [1.82, 2.24) is 0 Å². The first-order valence-electron chi connectivity index (χ1n) is 7.17. The minimum absolute atomic E-state index is 0.280. The highest BCUT2D eigenvalue weighted by molar-refractivity contribution is 9.10. The van der Waals surface area contributed by atoms with Crippen LogP contribution in [-0.2, 0) is 11.8 Å². The summed E-state index contributed by atoms with van der Waals surface area (Å²) in [6, 6.07) is 15.5. The largest absolute Gasteiger partial charge is 0.330 e.